The molecule has 9 rings (SSSR count). The van der Waals surface area contributed by atoms with Crippen molar-refractivity contribution in [3.63, 3.8) is 0 Å². The molecule has 0 radical (unpaired) electrons. The van der Waals surface area contributed by atoms with E-state index in [9.17, 15) is 0 Å². The normalized spacial score (nSPS) is 15.7. The number of ether oxygens (including phenoxy) is 4. The van der Waals surface area contributed by atoms with E-state index in [1.165, 1.54) is 27.8 Å². The highest BCUT2D eigenvalue weighted by molar-refractivity contribution is 5.86. The molecule has 1 saturated carbocycles. The van der Waals surface area contributed by atoms with Crippen LogP contribution >= 0.6 is 0 Å². The van der Waals surface area contributed by atoms with Crippen LogP contribution in [0.15, 0.2) is 132 Å². The van der Waals surface area contributed by atoms with E-state index in [4.69, 9.17) is 28.9 Å². The molecule has 2 aliphatic carbocycles. The number of aromatic nitrogens is 4. The van der Waals surface area contributed by atoms with E-state index in [-0.39, 0.29) is 5.41 Å². The summed E-state index contributed by atoms with van der Waals surface area (Å²) in [6, 6.07) is 39.8. The lowest BCUT2D eigenvalue weighted by Crippen LogP contribution is -2.12. The molecule has 0 amide bonds. The molecule has 302 valence electrons. The summed E-state index contributed by atoms with van der Waals surface area (Å²) >= 11 is 0. The first kappa shape index (κ1) is 38.7. The SMILES string of the molecule is CCC1=C(c2nc(-c3ccccc3)c(-c3ccccc3)[nH]2)C=C2CC2(Cc2ccc(CC)c(-c3nc(-c4ccc(OC)c(OC)c4)c(-c4ccc(OC)c(OC)c4)[nH]3)c2)C1. The van der Waals surface area contributed by atoms with Gasteiger partial charge in [0.25, 0.3) is 0 Å². The van der Waals surface area contributed by atoms with Gasteiger partial charge in [0.1, 0.15) is 11.6 Å². The molecule has 2 N–H and O–H groups in total. The second-order valence-electron chi connectivity index (χ2n) is 15.7. The summed E-state index contributed by atoms with van der Waals surface area (Å²) in [6.07, 6.45) is 7.33. The van der Waals surface area contributed by atoms with Crippen LogP contribution in [0.3, 0.4) is 0 Å². The number of nitrogens with zero attached hydrogens (tertiary/aromatic N) is 2. The zero-order valence-electron chi connectivity index (χ0n) is 35.1. The zero-order chi connectivity index (χ0) is 41.4. The number of allylic oxidation sites excluding steroid dienone is 4. The molecule has 8 nitrogen and oxygen atoms in total. The van der Waals surface area contributed by atoms with Crippen molar-refractivity contribution < 1.29 is 18.9 Å². The minimum Gasteiger partial charge on any atom is -0.493 e. The molecule has 8 heteroatoms. The molecular formula is C52H50N4O4. The lowest BCUT2D eigenvalue weighted by Gasteiger charge is -2.23. The molecule has 7 aromatic rings. The summed E-state index contributed by atoms with van der Waals surface area (Å²) in [5.41, 5.74) is 15.7. The maximum atomic E-state index is 5.72. The molecule has 60 heavy (non-hydrogen) atoms. The van der Waals surface area contributed by atoms with E-state index in [1.807, 2.05) is 36.4 Å². The molecule has 2 aliphatic rings. The average molecular weight is 795 g/mol. The summed E-state index contributed by atoms with van der Waals surface area (Å²) in [7, 11) is 6.60. The summed E-state index contributed by atoms with van der Waals surface area (Å²) in [4.78, 5) is 18.2. The van der Waals surface area contributed by atoms with Crippen molar-refractivity contribution in [2.75, 3.05) is 28.4 Å². The Kier molecular flexibility index (Phi) is 10.4. The Labute approximate surface area is 352 Å². The molecule has 0 aliphatic heterocycles. The summed E-state index contributed by atoms with van der Waals surface area (Å²) in [6.45, 7) is 4.48. The molecule has 0 bridgehead atoms. The van der Waals surface area contributed by atoms with Crippen LogP contribution in [0.5, 0.6) is 23.0 Å². The van der Waals surface area contributed by atoms with Gasteiger partial charge in [0.2, 0.25) is 0 Å². The second-order valence-corrected chi connectivity index (χ2v) is 15.7. The molecule has 2 heterocycles. The zero-order valence-corrected chi connectivity index (χ0v) is 35.1. The van der Waals surface area contributed by atoms with Crippen LogP contribution in [0.25, 0.3) is 62.0 Å². The van der Waals surface area contributed by atoms with Crippen molar-refractivity contribution in [3.05, 3.63) is 149 Å². The molecule has 1 unspecified atom stereocenters. The van der Waals surface area contributed by atoms with Crippen LogP contribution in [0, 0.1) is 5.41 Å². The van der Waals surface area contributed by atoms with Crippen LogP contribution in [0.1, 0.15) is 50.1 Å². The van der Waals surface area contributed by atoms with Gasteiger partial charge in [-0.1, -0.05) is 104 Å². The van der Waals surface area contributed by atoms with Gasteiger partial charge >= 0.3 is 0 Å². The predicted octanol–water partition coefficient (Wildman–Crippen LogP) is 12.2. The first-order chi connectivity index (χ1) is 29.4. The van der Waals surface area contributed by atoms with Crippen LogP contribution in [0.4, 0.5) is 0 Å². The molecule has 5 aromatic carbocycles. The van der Waals surface area contributed by atoms with Crippen molar-refractivity contribution in [1.82, 2.24) is 19.9 Å². The summed E-state index contributed by atoms with van der Waals surface area (Å²) < 4.78 is 22.6. The van der Waals surface area contributed by atoms with Crippen LogP contribution in [-0.2, 0) is 12.8 Å². The molecule has 1 atom stereocenters. The molecule has 1 fully saturated rings. The fourth-order valence-electron chi connectivity index (χ4n) is 8.94. The van der Waals surface area contributed by atoms with Gasteiger partial charge in [-0.05, 0) is 85.7 Å². The van der Waals surface area contributed by atoms with Crippen LogP contribution in [0.2, 0.25) is 0 Å². The Bertz CT molecular complexity index is 2630. The molecular weight excluding hydrogens is 745 g/mol. The standard InChI is InChI=1S/C52H50N4O4/c1-7-33-20-19-32(25-40(33)50-55-48(37-21-23-42(57-3)44(26-37)59-5)49(56-50)38-22-24-43(58-4)45(27-38)60-6)29-52-30-34(8-2)41(28-39(52)31-52)51-53-46(35-15-11-9-12-16-35)47(54-51)36-17-13-10-14-18-36/h9-28H,7-8,29-31H2,1-6H3,(H,53,54)(H,55,56). The van der Waals surface area contributed by atoms with Gasteiger partial charge in [0, 0.05) is 38.8 Å². The highest BCUT2D eigenvalue weighted by atomic mass is 16.5. The minimum atomic E-state index is 0.107. The number of benzene rings is 5. The van der Waals surface area contributed by atoms with Gasteiger partial charge in [-0.3, -0.25) is 0 Å². The third-order valence-electron chi connectivity index (χ3n) is 12.2. The third kappa shape index (κ3) is 7.06. The van der Waals surface area contributed by atoms with E-state index in [2.05, 4.69) is 109 Å². The van der Waals surface area contributed by atoms with Crippen molar-refractivity contribution in [2.24, 2.45) is 5.41 Å². The van der Waals surface area contributed by atoms with Gasteiger partial charge in [-0.15, -0.1) is 0 Å². The minimum absolute atomic E-state index is 0.107. The van der Waals surface area contributed by atoms with Gasteiger partial charge in [-0.2, -0.15) is 0 Å². The molecule has 0 spiro atoms. The monoisotopic (exact) mass is 794 g/mol. The largest absolute Gasteiger partial charge is 0.493 e. The van der Waals surface area contributed by atoms with Gasteiger partial charge in [-0.25, -0.2) is 9.97 Å². The third-order valence-corrected chi connectivity index (χ3v) is 12.2. The number of nitrogens with one attached hydrogen (secondary N) is 2. The summed E-state index contributed by atoms with van der Waals surface area (Å²) in [5, 5.41) is 0. The molecule has 2 aromatic heterocycles. The number of aromatic amines is 2. The number of hydrogen-bond donors (Lipinski definition) is 2. The highest BCUT2D eigenvalue weighted by Crippen LogP contribution is 2.62. The number of aryl methyl sites for hydroxylation is 1. The Balaban J connectivity index is 1.07. The van der Waals surface area contributed by atoms with Crippen molar-refractivity contribution in [1.29, 1.82) is 0 Å². The first-order valence-electron chi connectivity index (χ1n) is 20.7. The quantitative estimate of drug-likeness (QED) is 0.114. The second kappa shape index (κ2) is 16.1. The fourth-order valence-corrected chi connectivity index (χ4v) is 8.94. The van der Waals surface area contributed by atoms with Crippen molar-refractivity contribution >= 4 is 5.57 Å². The highest BCUT2D eigenvalue weighted by Gasteiger charge is 2.51. The number of H-pyrrole nitrogens is 2. The Hall–Kier alpha value is -6.80. The Morgan fingerprint density at radius 2 is 1.13 bits per heavy atom. The fraction of sp³-hybridized carbons (Fsp3) is 0.231. The topological polar surface area (TPSA) is 94.3 Å². The van der Waals surface area contributed by atoms with E-state index in [0.717, 1.165) is 94.3 Å². The van der Waals surface area contributed by atoms with E-state index in [1.54, 1.807) is 28.4 Å². The number of methoxy groups -OCH3 is 4. The smallest absolute Gasteiger partial charge is 0.161 e. The van der Waals surface area contributed by atoms with E-state index >= 15 is 0 Å². The van der Waals surface area contributed by atoms with E-state index in [0.29, 0.717) is 23.0 Å². The maximum absolute atomic E-state index is 5.72. The number of imidazole rings is 2. The van der Waals surface area contributed by atoms with Crippen molar-refractivity contribution in [2.45, 2.75) is 46.0 Å². The lowest BCUT2D eigenvalue weighted by atomic mass is 9.82. The van der Waals surface area contributed by atoms with Crippen LogP contribution in [-0.4, -0.2) is 48.4 Å². The van der Waals surface area contributed by atoms with Crippen LogP contribution < -0.4 is 18.9 Å². The summed E-state index contributed by atoms with van der Waals surface area (Å²) in [5.74, 6) is 4.36. The number of fused-ring (bicyclic) bond motifs is 1. The molecule has 0 saturated heterocycles. The maximum Gasteiger partial charge on any atom is 0.161 e. The predicted molar refractivity (Wildman–Crippen MR) is 241 cm³/mol. The lowest BCUT2D eigenvalue weighted by molar-refractivity contribution is 0.355. The number of rotatable bonds is 14. The number of hydrogen-bond acceptors (Lipinski definition) is 6. The van der Waals surface area contributed by atoms with Gasteiger partial charge in [0.15, 0.2) is 23.0 Å². The Morgan fingerprint density at radius 1 is 0.550 bits per heavy atom. The first-order valence-corrected chi connectivity index (χ1v) is 20.7. The van der Waals surface area contributed by atoms with Gasteiger partial charge < -0.3 is 28.9 Å². The van der Waals surface area contributed by atoms with E-state index < -0.39 is 0 Å². The van der Waals surface area contributed by atoms with Gasteiger partial charge in [0.05, 0.1) is 51.2 Å². The Morgan fingerprint density at radius 3 is 1.78 bits per heavy atom. The average Bonchev–Trinajstić information content (AvgIpc) is 3.58. The van der Waals surface area contributed by atoms with Crippen molar-refractivity contribution in [3.8, 4) is 79.4 Å².